The molecule has 0 bridgehead atoms. The number of nitrogens with zero attached hydrogens (tertiary/aromatic N) is 1. The highest BCUT2D eigenvalue weighted by atomic mass is 16.5. The molecular weight excluding hydrogens is 252 g/mol. The molecule has 0 radical (unpaired) electrons. The topological polar surface area (TPSA) is 99.1 Å². The van der Waals surface area contributed by atoms with Crippen LogP contribution in [0.15, 0.2) is 0 Å². The zero-order valence-corrected chi connectivity index (χ0v) is 11.3. The van der Waals surface area contributed by atoms with E-state index in [2.05, 4.69) is 5.32 Å². The molecule has 1 saturated heterocycles. The number of carbonyl (C=O) groups excluding carboxylic acids is 1. The van der Waals surface area contributed by atoms with E-state index < -0.39 is 24.1 Å². The smallest absolute Gasteiger partial charge is 0.328 e. The number of hydrogen-bond donors (Lipinski definition) is 3. The van der Waals surface area contributed by atoms with Crippen molar-refractivity contribution in [1.29, 1.82) is 0 Å². The van der Waals surface area contributed by atoms with Gasteiger partial charge < -0.3 is 25.2 Å². The number of aliphatic hydroxyl groups excluding tert-OH is 1. The van der Waals surface area contributed by atoms with Crippen LogP contribution in [0.4, 0.5) is 4.79 Å². The largest absolute Gasteiger partial charge is 0.480 e. The Morgan fingerprint density at radius 3 is 2.68 bits per heavy atom. The van der Waals surface area contributed by atoms with E-state index >= 15 is 0 Å². The number of carbonyl (C=O) groups is 2. The van der Waals surface area contributed by atoms with Gasteiger partial charge in [0.05, 0.1) is 12.7 Å². The van der Waals surface area contributed by atoms with E-state index in [0.29, 0.717) is 13.2 Å². The van der Waals surface area contributed by atoms with Gasteiger partial charge in [0, 0.05) is 26.1 Å². The van der Waals surface area contributed by atoms with E-state index in [0.717, 1.165) is 19.4 Å². The van der Waals surface area contributed by atoms with Crippen LogP contribution in [0.3, 0.4) is 0 Å². The lowest BCUT2D eigenvalue weighted by Crippen LogP contribution is -2.52. The molecule has 7 nitrogen and oxygen atoms in total. The number of aliphatic hydroxyl groups is 1. The number of ether oxygens (including phenoxy) is 1. The predicted molar refractivity (Wildman–Crippen MR) is 67.8 cm³/mol. The number of hydrogen-bond acceptors (Lipinski definition) is 4. The molecule has 1 aliphatic rings. The molecular formula is C12H22N2O5. The van der Waals surface area contributed by atoms with Crippen LogP contribution < -0.4 is 5.32 Å². The fourth-order valence-corrected chi connectivity index (χ4v) is 2.05. The van der Waals surface area contributed by atoms with Crippen molar-refractivity contribution in [2.24, 2.45) is 5.92 Å². The van der Waals surface area contributed by atoms with Crippen LogP contribution in [-0.2, 0) is 9.53 Å². The molecule has 110 valence electrons. The standard InChI is InChI=1S/C12H22N2O5/c1-8(15)10(11(16)17)13-12(18)14(2)6-9-4-3-5-19-7-9/h8-10,15H,3-7H2,1-2H3,(H,13,18)(H,16,17). The van der Waals surface area contributed by atoms with Gasteiger partial charge in [0.1, 0.15) is 0 Å². The van der Waals surface area contributed by atoms with Crippen molar-refractivity contribution in [3.05, 3.63) is 0 Å². The summed E-state index contributed by atoms with van der Waals surface area (Å²) in [6.07, 6.45) is 0.829. The molecule has 3 unspecified atom stereocenters. The van der Waals surface area contributed by atoms with Gasteiger partial charge in [0.2, 0.25) is 0 Å². The van der Waals surface area contributed by atoms with Crippen molar-refractivity contribution in [1.82, 2.24) is 10.2 Å². The zero-order valence-electron chi connectivity index (χ0n) is 11.3. The molecule has 0 saturated carbocycles. The molecule has 3 atom stereocenters. The summed E-state index contributed by atoms with van der Waals surface area (Å²) in [5, 5.41) is 20.5. The fourth-order valence-electron chi connectivity index (χ4n) is 2.05. The Morgan fingerprint density at radius 2 is 2.21 bits per heavy atom. The molecule has 3 N–H and O–H groups in total. The number of rotatable bonds is 5. The highest BCUT2D eigenvalue weighted by molar-refractivity contribution is 5.82. The first-order chi connectivity index (χ1) is 8.91. The lowest BCUT2D eigenvalue weighted by Gasteiger charge is -2.28. The molecule has 2 amide bonds. The van der Waals surface area contributed by atoms with Crippen molar-refractivity contribution in [3.8, 4) is 0 Å². The Kier molecular flexibility index (Phi) is 6.04. The van der Waals surface area contributed by atoms with Gasteiger partial charge in [-0.05, 0) is 19.8 Å². The Balaban J connectivity index is 2.44. The predicted octanol–water partition coefficient (Wildman–Crippen LogP) is -0.112. The molecule has 19 heavy (non-hydrogen) atoms. The van der Waals surface area contributed by atoms with Gasteiger partial charge in [-0.25, -0.2) is 9.59 Å². The summed E-state index contributed by atoms with van der Waals surface area (Å²) in [4.78, 5) is 24.1. The first-order valence-electron chi connectivity index (χ1n) is 6.42. The summed E-state index contributed by atoms with van der Waals surface area (Å²) in [5.74, 6) is -0.975. The number of amides is 2. The Bertz CT molecular complexity index is 315. The lowest BCUT2D eigenvalue weighted by atomic mass is 10.0. The molecule has 7 heteroatoms. The number of aliphatic carboxylic acids is 1. The Morgan fingerprint density at radius 1 is 1.53 bits per heavy atom. The second-order valence-electron chi connectivity index (χ2n) is 4.97. The van der Waals surface area contributed by atoms with Crippen molar-refractivity contribution >= 4 is 12.0 Å². The lowest BCUT2D eigenvalue weighted by molar-refractivity contribution is -0.141. The van der Waals surface area contributed by atoms with E-state index in [9.17, 15) is 14.7 Å². The van der Waals surface area contributed by atoms with Gasteiger partial charge >= 0.3 is 12.0 Å². The zero-order chi connectivity index (χ0) is 14.4. The molecule has 1 rings (SSSR count). The minimum Gasteiger partial charge on any atom is -0.480 e. The third kappa shape index (κ3) is 5.04. The summed E-state index contributed by atoms with van der Waals surface area (Å²) >= 11 is 0. The highest BCUT2D eigenvalue weighted by Gasteiger charge is 2.27. The maximum Gasteiger partial charge on any atom is 0.328 e. The van der Waals surface area contributed by atoms with Gasteiger partial charge in [-0.3, -0.25) is 0 Å². The Hall–Kier alpha value is -1.34. The molecule has 0 aromatic heterocycles. The van der Waals surface area contributed by atoms with E-state index in [1.807, 2.05) is 0 Å². The summed E-state index contributed by atoms with van der Waals surface area (Å²) in [6, 6.07) is -1.79. The monoisotopic (exact) mass is 274 g/mol. The van der Waals surface area contributed by atoms with Gasteiger partial charge in [-0.15, -0.1) is 0 Å². The summed E-state index contributed by atoms with van der Waals surface area (Å²) in [7, 11) is 1.60. The normalized spacial score (nSPS) is 22.4. The van der Waals surface area contributed by atoms with E-state index in [4.69, 9.17) is 9.84 Å². The van der Waals surface area contributed by atoms with Crippen LogP contribution in [0.5, 0.6) is 0 Å². The maximum atomic E-state index is 11.8. The van der Waals surface area contributed by atoms with Gasteiger partial charge in [-0.2, -0.15) is 0 Å². The van der Waals surface area contributed by atoms with Gasteiger partial charge in [0.15, 0.2) is 6.04 Å². The van der Waals surface area contributed by atoms with E-state index in [-0.39, 0.29) is 5.92 Å². The van der Waals surface area contributed by atoms with Crippen molar-refractivity contribution in [2.75, 3.05) is 26.8 Å². The van der Waals surface area contributed by atoms with Gasteiger partial charge in [-0.1, -0.05) is 0 Å². The summed E-state index contributed by atoms with van der Waals surface area (Å²) in [6.45, 7) is 3.22. The van der Waals surface area contributed by atoms with Crippen LogP contribution in [0.25, 0.3) is 0 Å². The van der Waals surface area contributed by atoms with Crippen molar-refractivity contribution < 1.29 is 24.5 Å². The van der Waals surface area contributed by atoms with E-state index in [1.54, 1.807) is 7.05 Å². The molecule has 1 aliphatic heterocycles. The molecule has 1 fully saturated rings. The SMILES string of the molecule is CC(O)C(NC(=O)N(C)CC1CCCOC1)C(=O)O. The number of nitrogens with one attached hydrogen (secondary N) is 1. The van der Waals surface area contributed by atoms with Gasteiger partial charge in [0.25, 0.3) is 0 Å². The minimum absolute atomic E-state index is 0.277. The van der Waals surface area contributed by atoms with E-state index in [1.165, 1.54) is 11.8 Å². The second-order valence-corrected chi connectivity index (χ2v) is 4.97. The number of carboxylic acid groups (broad SMARTS) is 1. The first kappa shape index (κ1) is 15.7. The minimum atomic E-state index is -1.29. The fraction of sp³-hybridized carbons (Fsp3) is 0.833. The second kappa shape index (κ2) is 7.30. The average Bonchev–Trinajstić information content (AvgIpc) is 2.35. The molecule has 0 spiro atoms. The molecule has 1 heterocycles. The molecule has 0 aromatic rings. The summed E-state index contributed by atoms with van der Waals surface area (Å²) < 4.78 is 5.33. The van der Waals surface area contributed by atoms with Crippen LogP contribution in [0.2, 0.25) is 0 Å². The Labute approximate surface area is 112 Å². The quantitative estimate of drug-likeness (QED) is 0.649. The number of urea groups is 1. The van der Waals surface area contributed by atoms with Crippen LogP contribution in [0, 0.1) is 5.92 Å². The van der Waals surface area contributed by atoms with Crippen LogP contribution in [-0.4, -0.2) is 66.1 Å². The van der Waals surface area contributed by atoms with Crippen molar-refractivity contribution in [3.63, 3.8) is 0 Å². The highest BCUT2D eigenvalue weighted by Crippen LogP contribution is 2.14. The molecule has 0 aromatic carbocycles. The third-order valence-electron chi connectivity index (χ3n) is 3.16. The average molecular weight is 274 g/mol. The summed E-state index contributed by atoms with van der Waals surface area (Å²) in [5.41, 5.74) is 0. The maximum absolute atomic E-state index is 11.8. The van der Waals surface area contributed by atoms with Crippen molar-refractivity contribution in [2.45, 2.75) is 31.9 Å². The van der Waals surface area contributed by atoms with Crippen LogP contribution >= 0.6 is 0 Å². The first-order valence-corrected chi connectivity index (χ1v) is 6.42. The van der Waals surface area contributed by atoms with Crippen LogP contribution in [0.1, 0.15) is 19.8 Å². The number of carboxylic acids is 1. The molecule has 0 aliphatic carbocycles. The third-order valence-corrected chi connectivity index (χ3v) is 3.16.